The van der Waals surface area contributed by atoms with Gasteiger partial charge in [0.05, 0.1) is 0 Å². The molecule has 0 aliphatic heterocycles. The fraction of sp³-hybridized carbons (Fsp3) is 0.243. The maximum atomic E-state index is 4.51. The van der Waals surface area contributed by atoms with Crippen molar-refractivity contribution in [3.63, 3.8) is 0 Å². The van der Waals surface area contributed by atoms with Crippen LogP contribution in [0.4, 0.5) is 0 Å². The van der Waals surface area contributed by atoms with E-state index in [1.807, 2.05) is 54.9 Å². The molecule has 3 heteroatoms. The standard InChI is InChI=1S/C20H18N.C17H20N.Ir/c1-20(2,17-11-7-4-8-12-17)18-13-14-21-19(15-18)16-9-5-3-6-10-16;1-13-12-18-16(14-8-6-5-7-9-14)10-15(13)11-17(2,3)4;/h3-9,11-15H,1-2H3;5-8,10,12H,11H2,1-4H3;/q2*-1;. The van der Waals surface area contributed by atoms with Gasteiger partial charge in [0.15, 0.2) is 0 Å². The van der Waals surface area contributed by atoms with Gasteiger partial charge in [-0.1, -0.05) is 82.6 Å². The Balaban J connectivity index is 0.000000218. The Morgan fingerprint density at radius 3 is 1.77 bits per heavy atom. The number of benzene rings is 3. The molecule has 2 aromatic heterocycles. The van der Waals surface area contributed by atoms with Crippen molar-refractivity contribution in [2.45, 2.75) is 53.4 Å². The maximum Gasteiger partial charge on any atom is 0.0192 e. The van der Waals surface area contributed by atoms with Gasteiger partial charge in [0.2, 0.25) is 0 Å². The van der Waals surface area contributed by atoms with Crippen LogP contribution in [0.2, 0.25) is 0 Å². The molecule has 0 aliphatic carbocycles. The SMILES string of the molecule is CC(C)(c1ccccc1)c1ccnc(-c2[c-]cccc2)c1.Cc1cnc(-c2[c-]cccc2)cc1CC(C)(C)C.[Ir]. The Bertz CT molecular complexity index is 1470. The zero-order chi connectivity index (χ0) is 27.9. The topological polar surface area (TPSA) is 25.8 Å². The second-order valence-corrected chi connectivity index (χ2v) is 11.7. The number of rotatable bonds is 5. The molecule has 0 bridgehead atoms. The van der Waals surface area contributed by atoms with E-state index in [9.17, 15) is 0 Å². The van der Waals surface area contributed by atoms with E-state index in [0.29, 0.717) is 5.41 Å². The van der Waals surface area contributed by atoms with Crippen LogP contribution in [-0.4, -0.2) is 9.97 Å². The minimum atomic E-state index is -0.0479. The van der Waals surface area contributed by atoms with Gasteiger partial charge in [0.25, 0.3) is 0 Å². The minimum Gasteiger partial charge on any atom is -0.305 e. The quantitative estimate of drug-likeness (QED) is 0.171. The van der Waals surface area contributed by atoms with Gasteiger partial charge in [0.1, 0.15) is 0 Å². The predicted octanol–water partition coefficient (Wildman–Crippen LogP) is 9.32. The van der Waals surface area contributed by atoms with Crippen LogP contribution in [-0.2, 0) is 31.9 Å². The van der Waals surface area contributed by atoms with Crippen molar-refractivity contribution >= 4 is 0 Å². The summed E-state index contributed by atoms with van der Waals surface area (Å²) in [6, 6.07) is 39.5. The largest absolute Gasteiger partial charge is 0.305 e. The van der Waals surface area contributed by atoms with Gasteiger partial charge in [-0.25, -0.2) is 0 Å². The van der Waals surface area contributed by atoms with E-state index >= 15 is 0 Å². The molecule has 5 aromatic rings. The average molecular weight is 703 g/mol. The summed E-state index contributed by atoms with van der Waals surface area (Å²) in [7, 11) is 0. The summed E-state index contributed by atoms with van der Waals surface area (Å²) in [5.74, 6) is 0. The monoisotopic (exact) mass is 703 g/mol. The van der Waals surface area contributed by atoms with Crippen LogP contribution in [0, 0.1) is 24.5 Å². The first kappa shape index (κ1) is 31.1. The van der Waals surface area contributed by atoms with Crippen molar-refractivity contribution in [3.05, 3.63) is 144 Å². The summed E-state index contributed by atoms with van der Waals surface area (Å²) in [6.07, 6.45) is 4.93. The molecular weight excluding hydrogens is 665 g/mol. The van der Waals surface area contributed by atoms with Gasteiger partial charge < -0.3 is 9.97 Å². The minimum absolute atomic E-state index is 0. The zero-order valence-electron chi connectivity index (χ0n) is 24.3. The molecule has 0 fully saturated rings. The first-order chi connectivity index (χ1) is 18.6. The Morgan fingerprint density at radius 1 is 0.650 bits per heavy atom. The molecular formula is C37H38IrN2-2. The molecule has 0 atom stereocenters. The third-order valence-electron chi connectivity index (χ3n) is 6.88. The van der Waals surface area contributed by atoms with Crippen LogP contribution in [0.5, 0.6) is 0 Å². The predicted molar refractivity (Wildman–Crippen MR) is 163 cm³/mol. The van der Waals surface area contributed by atoms with Gasteiger partial charge in [-0.15, -0.1) is 71.8 Å². The summed E-state index contributed by atoms with van der Waals surface area (Å²) in [6.45, 7) is 13.4. The zero-order valence-corrected chi connectivity index (χ0v) is 26.7. The fourth-order valence-electron chi connectivity index (χ4n) is 4.57. The van der Waals surface area contributed by atoms with Crippen LogP contribution in [0.25, 0.3) is 22.5 Å². The Labute approximate surface area is 254 Å². The third kappa shape index (κ3) is 8.31. The second kappa shape index (κ2) is 13.8. The molecule has 0 aliphatic rings. The average Bonchev–Trinajstić information content (AvgIpc) is 2.95. The Morgan fingerprint density at radius 2 is 1.23 bits per heavy atom. The van der Waals surface area contributed by atoms with Gasteiger partial charge in [-0.3, -0.25) is 0 Å². The summed E-state index contributed by atoms with van der Waals surface area (Å²) in [4.78, 5) is 8.99. The van der Waals surface area contributed by atoms with E-state index in [1.165, 1.54) is 22.3 Å². The van der Waals surface area contributed by atoms with E-state index < -0.39 is 0 Å². The molecule has 0 unspecified atom stereocenters. The van der Waals surface area contributed by atoms with Crippen LogP contribution >= 0.6 is 0 Å². The molecule has 5 rings (SSSR count). The Hall–Kier alpha value is -3.39. The van der Waals surface area contributed by atoms with Gasteiger partial charge in [0, 0.05) is 37.9 Å². The first-order valence-corrected chi connectivity index (χ1v) is 13.6. The molecule has 2 nitrogen and oxygen atoms in total. The summed E-state index contributed by atoms with van der Waals surface area (Å²) in [5.41, 5.74) is 9.54. The van der Waals surface area contributed by atoms with E-state index in [0.717, 1.165) is 28.9 Å². The molecule has 1 radical (unpaired) electrons. The molecule has 40 heavy (non-hydrogen) atoms. The van der Waals surface area contributed by atoms with Crippen LogP contribution in [0.15, 0.2) is 109 Å². The molecule has 3 aromatic carbocycles. The van der Waals surface area contributed by atoms with Crippen LogP contribution in [0.1, 0.15) is 56.9 Å². The number of aryl methyl sites for hydroxylation is 1. The normalized spacial score (nSPS) is 11.2. The van der Waals surface area contributed by atoms with Crippen molar-refractivity contribution in [2.75, 3.05) is 0 Å². The van der Waals surface area contributed by atoms with Crippen molar-refractivity contribution in [2.24, 2.45) is 5.41 Å². The molecule has 0 saturated heterocycles. The summed E-state index contributed by atoms with van der Waals surface area (Å²) >= 11 is 0. The third-order valence-corrected chi connectivity index (χ3v) is 6.88. The molecule has 0 N–H and O–H groups in total. The van der Waals surface area contributed by atoms with Crippen molar-refractivity contribution < 1.29 is 20.1 Å². The number of hydrogen-bond acceptors (Lipinski definition) is 2. The van der Waals surface area contributed by atoms with Gasteiger partial charge in [-0.2, -0.15) is 0 Å². The molecule has 207 valence electrons. The van der Waals surface area contributed by atoms with E-state index in [4.69, 9.17) is 0 Å². The first-order valence-electron chi connectivity index (χ1n) is 13.6. The maximum absolute atomic E-state index is 4.51. The second-order valence-electron chi connectivity index (χ2n) is 11.7. The fourth-order valence-corrected chi connectivity index (χ4v) is 4.57. The number of aromatic nitrogens is 2. The molecule has 2 heterocycles. The van der Waals surface area contributed by atoms with E-state index in [-0.39, 0.29) is 25.5 Å². The van der Waals surface area contributed by atoms with Crippen molar-refractivity contribution in [3.8, 4) is 22.5 Å². The van der Waals surface area contributed by atoms with Crippen molar-refractivity contribution in [1.82, 2.24) is 9.97 Å². The Kier molecular flexibility index (Phi) is 10.7. The van der Waals surface area contributed by atoms with Crippen molar-refractivity contribution in [1.29, 1.82) is 0 Å². The summed E-state index contributed by atoms with van der Waals surface area (Å²) in [5, 5.41) is 0. The molecule has 0 spiro atoms. The number of hydrogen-bond donors (Lipinski definition) is 0. The van der Waals surface area contributed by atoms with Gasteiger partial charge >= 0.3 is 0 Å². The summed E-state index contributed by atoms with van der Waals surface area (Å²) < 4.78 is 0. The number of pyridine rings is 2. The van der Waals surface area contributed by atoms with E-state index in [1.54, 1.807) is 0 Å². The molecule has 0 amide bonds. The number of nitrogens with zero attached hydrogens (tertiary/aromatic N) is 2. The van der Waals surface area contributed by atoms with Crippen LogP contribution < -0.4 is 0 Å². The van der Waals surface area contributed by atoms with Gasteiger partial charge in [-0.05, 0) is 52.9 Å². The molecule has 0 saturated carbocycles. The van der Waals surface area contributed by atoms with Crippen LogP contribution in [0.3, 0.4) is 0 Å². The smallest absolute Gasteiger partial charge is 0.0192 e. The van der Waals surface area contributed by atoms with E-state index in [2.05, 4.69) is 118 Å².